The Kier molecular flexibility index (Phi) is 6.55. The highest BCUT2D eigenvalue weighted by Gasteiger charge is 2.38. The first kappa shape index (κ1) is 25.6. The molecule has 13 heteroatoms. The second-order valence-corrected chi connectivity index (χ2v) is 8.76. The van der Waals surface area contributed by atoms with Gasteiger partial charge in [0, 0.05) is 43.5 Å². The number of methoxy groups -OCH3 is 1. The molecular formula is C25H20F5N5O3. The van der Waals surface area contributed by atoms with E-state index in [9.17, 15) is 26.7 Å². The van der Waals surface area contributed by atoms with Gasteiger partial charge in [-0.25, -0.2) is 28.7 Å². The summed E-state index contributed by atoms with van der Waals surface area (Å²) in [6.45, 7) is 0.297. The molecule has 1 aromatic carbocycles. The van der Waals surface area contributed by atoms with E-state index in [1.165, 1.54) is 7.11 Å². The van der Waals surface area contributed by atoms with Gasteiger partial charge >= 0.3 is 6.18 Å². The van der Waals surface area contributed by atoms with Crippen molar-refractivity contribution in [2.75, 3.05) is 13.7 Å². The van der Waals surface area contributed by atoms with E-state index >= 15 is 0 Å². The molecule has 1 aliphatic heterocycles. The van der Waals surface area contributed by atoms with E-state index in [1.54, 1.807) is 18.3 Å². The van der Waals surface area contributed by atoms with Crippen molar-refractivity contribution in [3.05, 3.63) is 75.7 Å². The Labute approximate surface area is 212 Å². The Hall–Kier alpha value is -4.00. The fourth-order valence-electron chi connectivity index (χ4n) is 4.47. The molecular weight excluding hydrogens is 513 g/mol. The van der Waals surface area contributed by atoms with E-state index in [0.29, 0.717) is 36.0 Å². The fraction of sp³-hybridized carbons (Fsp3) is 0.320. The standard InChI is InChI=1S/C25H20F5N5O3/c1-35-23(36)21-20(34-24(35)25(28,29)30)19(15-4-3-14(26)11-16(15)27)32-22(33-21)13-6-8-38-17(9-13)12-5-7-31-18(10-12)37-2/h3-5,7,10-11,13,17H,6,8-9H2,1-2H3/t13-,17-/m1/s1. The second kappa shape index (κ2) is 9.71. The van der Waals surface area contributed by atoms with Crippen LogP contribution >= 0.6 is 0 Å². The number of ether oxygens (including phenoxy) is 2. The number of fused-ring (bicyclic) bond motifs is 1. The number of nitrogens with zero attached hydrogens (tertiary/aromatic N) is 5. The lowest BCUT2D eigenvalue weighted by atomic mass is 9.91. The van der Waals surface area contributed by atoms with Crippen molar-refractivity contribution in [1.82, 2.24) is 24.5 Å². The molecule has 198 valence electrons. The van der Waals surface area contributed by atoms with Crippen molar-refractivity contribution in [2.24, 2.45) is 7.05 Å². The molecule has 3 aromatic heterocycles. The van der Waals surface area contributed by atoms with Crippen LogP contribution in [0.2, 0.25) is 0 Å². The molecule has 0 unspecified atom stereocenters. The molecule has 4 heterocycles. The van der Waals surface area contributed by atoms with Crippen molar-refractivity contribution in [1.29, 1.82) is 0 Å². The molecule has 0 bridgehead atoms. The Morgan fingerprint density at radius 3 is 2.58 bits per heavy atom. The highest BCUT2D eigenvalue weighted by molar-refractivity contribution is 5.88. The Morgan fingerprint density at radius 1 is 1.08 bits per heavy atom. The van der Waals surface area contributed by atoms with Crippen LogP contribution < -0.4 is 10.3 Å². The second-order valence-electron chi connectivity index (χ2n) is 8.76. The number of pyridine rings is 1. The van der Waals surface area contributed by atoms with Crippen LogP contribution in [0.3, 0.4) is 0 Å². The zero-order valence-electron chi connectivity index (χ0n) is 20.1. The van der Waals surface area contributed by atoms with Gasteiger partial charge in [0.25, 0.3) is 5.56 Å². The van der Waals surface area contributed by atoms with Gasteiger partial charge in [0.1, 0.15) is 28.7 Å². The molecule has 0 N–H and O–H groups in total. The van der Waals surface area contributed by atoms with Gasteiger partial charge < -0.3 is 9.47 Å². The molecule has 8 nitrogen and oxygen atoms in total. The van der Waals surface area contributed by atoms with Crippen molar-refractivity contribution in [3.63, 3.8) is 0 Å². The summed E-state index contributed by atoms with van der Waals surface area (Å²) in [4.78, 5) is 29.5. The maximum atomic E-state index is 14.8. The van der Waals surface area contributed by atoms with Crippen LogP contribution in [0, 0.1) is 11.6 Å². The van der Waals surface area contributed by atoms with Gasteiger partial charge in [0.15, 0.2) is 5.52 Å². The van der Waals surface area contributed by atoms with Crippen LogP contribution in [0.4, 0.5) is 22.0 Å². The number of aromatic nitrogens is 5. The Balaban J connectivity index is 1.68. The normalized spacial score (nSPS) is 18.1. The summed E-state index contributed by atoms with van der Waals surface area (Å²) in [5, 5.41) is 0. The van der Waals surface area contributed by atoms with Crippen molar-refractivity contribution >= 4 is 11.0 Å². The maximum Gasteiger partial charge on any atom is 0.449 e. The summed E-state index contributed by atoms with van der Waals surface area (Å²) in [6.07, 6.45) is -3.03. The van der Waals surface area contributed by atoms with Crippen LogP contribution in [-0.4, -0.2) is 38.2 Å². The molecule has 0 saturated carbocycles. The first-order chi connectivity index (χ1) is 18.1. The predicted octanol–water partition coefficient (Wildman–Crippen LogP) is 4.73. The molecule has 1 aliphatic rings. The number of benzene rings is 1. The smallest absolute Gasteiger partial charge is 0.449 e. The summed E-state index contributed by atoms with van der Waals surface area (Å²) in [6, 6.07) is 6.04. The lowest BCUT2D eigenvalue weighted by molar-refractivity contribution is -0.147. The van der Waals surface area contributed by atoms with E-state index in [0.717, 1.165) is 24.7 Å². The van der Waals surface area contributed by atoms with Crippen molar-refractivity contribution in [3.8, 4) is 17.1 Å². The Bertz CT molecular complexity index is 1590. The Morgan fingerprint density at radius 2 is 1.87 bits per heavy atom. The third kappa shape index (κ3) is 4.69. The van der Waals surface area contributed by atoms with Crippen molar-refractivity contribution in [2.45, 2.75) is 31.0 Å². The summed E-state index contributed by atoms with van der Waals surface area (Å²) in [5.41, 5.74) is -1.87. The van der Waals surface area contributed by atoms with Gasteiger partial charge in [-0.2, -0.15) is 13.2 Å². The number of hydrogen-bond acceptors (Lipinski definition) is 7. The largest absolute Gasteiger partial charge is 0.481 e. The zero-order chi connectivity index (χ0) is 27.2. The molecule has 5 rings (SSSR count). The number of hydrogen-bond donors (Lipinski definition) is 0. The maximum absolute atomic E-state index is 14.8. The van der Waals surface area contributed by atoms with E-state index in [4.69, 9.17) is 9.47 Å². The molecule has 2 atom stereocenters. The topological polar surface area (TPSA) is 92.0 Å². The van der Waals surface area contributed by atoms with E-state index < -0.39 is 52.2 Å². The average Bonchev–Trinajstić information content (AvgIpc) is 2.90. The minimum Gasteiger partial charge on any atom is -0.481 e. The third-order valence-corrected chi connectivity index (χ3v) is 6.37. The van der Waals surface area contributed by atoms with Crippen LogP contribution in [0.25, 0.3) is 22.3 Å². The van der Waals surface area contributed by atoms with Gasteiger partial charge in [0.05, 0.1) is 13.2 Å². The first-order valence-corrected chi connectivity index (χ1v) is 11.5. The molecule has 1 saturated heterocycles. The summed E-state index contributed by atoms with van der Waals surface area (Å²) in [7, 11) is 2.41. The number of halogens is 5. The summed E-state index contributed by atoms with van der Waals surface area (Å²) >= 11 is 0. The predicted molar refractivity (Wildman–Crippen MR) is 124 cm³/mol. The van der Waals surface area contributed by atoms with Gasteiger partial charge in [-0.3, -0.25) is 9.36 Å². The molecule has 4 aromatic rings. The minimum absolute atomic E-state index is 0.115. The molecule has 0 spiro atoms. The third-order valence-electron chi connectivity index (χ3n) is 6.37. The fourth-order valence-corrected chi connectivity index (χ4v) is 4.47. The van der Waals surface area contributed by atoms with Gasteiger partial charge in [-0.15, -0.1) is 0 Å². The molecule has 1 fully saturated rings. The van der Waals surface area contributed by atoms with Gasteiger partial charge in [-0.1, -0.05) is 0 Å². The van der Waals surface area contributed by atoms with E-state index in [2.05, 4.69) is 19.9 Å². The highest BCUT2D eigenvalue weighted by atomic mass is 19.4. The highest BCUT2D eigenvalue weighted by Crippen LogP contribution is 2.39. The van der Waals surface area contributed by atoms with Crippen LogP contribution in [-0.2, 0) is 18.0 Å². The lowest BCUT2D eigenvalue weighted by Gasteiger charge is -2.29. The van der Waals surface area contributed by atoms with Gasteiger partial charge in [-0.05, 0) is 36.6 Å². The average molecular weight is 533 g/mol. The zero-order valence-corrected chi connectivity index (χ0v) is 20.1. The van der Waals surface area contributed by atoms with Crippen LogP contribution in [0.1, 0.15) is 42.1 Å². The van der Waals surface area contributed by atoms with Crippen molar-refractivity contribution < 1.29 is 31.4 Å². The molecule has 0 aliphatic carbocycles. The van der Waals surface area contributed by atoms with E-state index in [-0.39, 0.29) is 17.1 Å². The van der Waals surface area contributed by atoms with E-state index in [1.807, 2.05) is 0 Å². The van der Waals surface area contributed by atoms with Crippen LogP contribution in [0.5, 0.6) is 5.88 Å². The number of rotatable bonds is 4. The summed E-state index contributed by atoms with van der Waals surface area (Å²) in [5.74, 6) is -3.34. The van der Waals surface area contributed by atoms with Crippen LogP contribution in [0.15, 0.2) is 41.3 Å². The minimum atomic E-state index is -4.97. The SMILES string of the molecule is COc1cc([C@H]2C[C@H](c3nc(-c4ccc(F)cc4F)c4nc(C(F)(F)F)n(C)c(=O)c4n3)CCO2)ccn1. The van der Waals surface area contributed by atoms with Gasteiger partial charge in [0.2, 0.25) is 11.7 Å². The first-order valence-electron chi connectivity index (χ1n) is 11.5. The molecule has 38 heavy (non-hydrogen) atoms. The lowest BCUT2D eigenvalue weighted by Crippen LogP contribution is -2.29. The molecule has 0 radical (unpaired) electrons. The molecule has 0 amide bonds. The number of alkyl halides is 3. The monoisotopic (exact) mass is 533 g/mol. The summed E-state index contributed by atoms with van der Waals surface area (Å²) < 4.78 is 80.8. The quantitative estimate of drug-likeness (QED) is 0.351.